The summed E-state index contributed by atoms with van der Waals surface area (Å²) in [6, 6.07) is 7.08. The van der Waals surface area contributed by atoms with Crippen LogP contribution in [0.15, 0.2) is 24.3 Å². The standard InChI is InChI=1S/C18H24ClN3O4S/c1-27(25,26)10-9-20-5-7-21(8-6-20)18(24)14-11-17(23)22(13-14)16-4-2-3-15(19)12-16/h2-4,12,14H,5-11,13H2,1H3. The van der Waals surface area contributed by atoms with Gasteiger partial charge in [-0.2, -0.15) is 0 Å². The van der Waals surface area contributed by atoms with Crippen LogP contribution in [0.3, 0.4) is 0 Å². The van der Waals surface area contributed by atoms with Crippen LogP contribution in [0.5, 0.6) is 0 Å². The average Bonchev–Trinajstić information content (AvgIpc) is 3.01. The monoisotopic (exact) mass is 413 g/mol. The van der Waals surface area contributed by atoms with Gasteiger partial charge in [0.2, 0.25) is 11.8 Å². The third kappa shape index (κ3) is 5.21. The fourth-order valence-corrected chi connectivity index (χ4v) is 4.29. The van der Waals surface area contributed by atoms with Gasteiger partial charge in [-0.05, 0) is 18.2 Å². The molecule has 1 atom stereocenters. The van der Waals surface area contributed by atoms with Crippen molar-refractivity contribution in [3.63, 3.8) is 0 Å². The number of amides is 2. The van der Waals surface area contributed by atoms with E-state index in [0.717, 1.165) is 0 Å². The van der Waals surface area contributed by atoms with Gasteiger partial charge >= 0.3 is 0 Å². The topological polar surface area (TPSA) is 78.0 Å². The zero-order valence-electron chi connectivity index (χ0n) is 15.3. The summed E-state index contributed by atoms with van der Waals surface area (Å²) in [5, 5.41) is 0.556. The van der Waals surface area contributed by atoms with E-state index in [1.54, 1.807) is 28.0 Å². The highest BCUT2D eigenvalue weighted by Crippen LogP contribution is 2.28. The summed E-state index contributed by atoms with van der Waals surface area (Å²) >= 11 is 6.00. The van der Waals surface area contributed by atoms with Gasteiger partial charge in [0.15, 0.2) is 0 Å². The Kier molecular flexibility index (Phi) is 6.08. The van der Waals surface area contributed by atoms with Crippen LogP contribution >= 0.6 is 11.6 Å². The van der Waals surface area contributed by atoms with Crippen molar-refractivity contribution in [2.24, 2.45) is 5.92 Å². The number of piperazine rings is 1. The predicted octanol–water partition coefficient (Wildman–Crippen LogP) is 0.882. The molecule has 0 bridgehead atoms. The van der Waals surface area contributed by atoms with Crippen molar-refractivity contribution >= 4 is 38.9 Å². The second-order valence-electron chi connectivity index (χ2n) is 7.18. The van der Waals surface area contributed by atoms with Crippen molar-refractivity contribution < 1.29 is 18.0 Å². The van der Waals surface area contributed by atoms with E-state index in [4.69, 9.17) is 11.6 Å². The molecule has 1 aromatic carbocycles. The molecule has 2 aliphatic rings. The van der Waals surface area contributed by atoms with Crippen molar-refractivity contribution in [3.05, 3.63) is 29.3 Å². The Morgan fingerprint density at radius 2 is 1.93 bits per heavy atom. The highest BCUT2D eigenvalue weighted by molar-refractivity contribution is 7.90. The minimum Gasteiger partial charge on any atom is -0.340 e. The molecular formula is C18H24ClN3O4S. The van der Waals surface area contributed by atoms with Crippen LogP contribution in [0.1, 0.15) is 6.42 Å². The van der Waals surface area contributed by atoms with E-state index in [1.807, 2.05) is 6.07 Å². The van der Waals surface area contributed by atoms with E-state index in [0.29, 0.717) is 50.0 Å². The first-order valence-corrected chi connectivity index (χ1v) is 11.4. The lowest BCUT2D eigenvalue weighted by Gasteiger charge is -2.35. The van der Waals surface area contributed by atoms with E-state index < -0.39 is 9.84 Å². The number of carbonyl (C=O) groups excluding carboxylic acids is 2. The van der Waals surface area contributed by atoms with Crippen LogP contribution in [0.4, 0.5) is 5.69 Å². The van der Waals surface area contributed by atoms with Gasteiger partial charge in [0.1, 0.15) is 9.84 Å². The normalized spacial score (nSPS) is 21.7. The van der Waals surface area contributed by atoms with Crippen LogP contribution in [0.25, 0.3) is 0 Å². The van der Waals surface area contributed by atoms with Gasteiger partial charge in [-0.15, -0.1) is 0 Å². The molecule has 0 saturated carbocycles. The van der Waals surface area contributed by atoms with Crippen LogP contribution in [0.2, 0.25) is 5.02 Å². The summed E-state index contributed by atoms with van der Waals surface area (Å²) in [4.78, 5) is 30.7. The van der Waals surface area contributed by atoms with E-state index >= 15 is 0 Å². The molecule has 27 heavy (non-hydrogen) atoms. The van der Waals surface area contributed by atoms with E-state index in [1.165, 1.54) is 6.26 Å². The number of benzene rings is 1. The summed E-state index contributed by atoms with van der Waals surface area (Å²) < 4.78 is 22.6. The van der Waals surface area contributed by atoms with Crippen molar-refractivity contribution in [1.29, 1.82) is 0 Å². The third-order valence-electron chi connectivity index (χ3n) is 5.06. The number of sulfone groups is 1. The molecule has 1 unspecified atom stereocenters. The lowest BCUT2D eigenvalue weighted by Crippen LogP contribution is -2.51. The Balaban J connectivity index is 1.54. The Hall–Kier alpha value is -1.64. The molecule has 148 valence electrons. The first-order chi connectivity index (χ1) is 12.7. The molecule has 2 saturated heterocycles. The first-order valence-electron chi connectivity index (χ1n) is 8.98. The largest absolute Gasteiger partial charge is 0.340 e. The number of anilines is 1. The minimum atomic E-state index is -2.98. The Labute approximate surface area is 164 Å². The lowest BCUT2D eigenvalue weighted by molar-refractivity contribution is -0.137. The maximum Gasteiger partial charge on any atom is 0.228 e. The van der Waals surface area contributed by atoms with E-state index in [-0.39, 0.29) is 29.9 Å². The van der Waals surface area contributed by atoms with E-state index in [9.17, 15) is 18.0 Å². The fourth-order valence-electron chi connectivity index (χ4n) is 3.51. The summed E-state index contributed by atoms with van der Waals surface area (Å²) in [7, 11) is -2.98. The maximum atomic E-state index is 12.8. The molecule has 0 aliphatic carbocycles. The van der Waals surface area contributed by atoms with Crippen molar-refractivity contribution in [2.75, 3.05) is 56.2 Å². The third-order valence-corrected chi connectivity index (χ3v) is 6.22. The van der Waals surface area contributed by atoms with Gasteiger partial charge < -0.3 is 9.80 Å². The van der Waals surface area contributed by atoms with Gasteiger partial charge in [0.05, 0.1) is 11.7 Å². The predicted molar refractivity (Wildman–Crippen MR) is 105 cm³/mol. The number of hydrogen-bond donors (Lipinski definition) is 0. The van der Waals surface area contributed by atoms with Crippen molar-refractivity contribution in [1.82, 2.24) is 9.80 Å². The molecule has 2 heterocycles. The van der Waals surface area contributed by atoms with Gasteiger partial charge in [-0.3, -0.25) is 14.5 Å². The van der Waals surface area contributed by atoms with Crippen molar-refractivity contribution in [2.45, 2.75) is 6.42 Å². The number of carbonyl (C=O) groups is 2. The number of rotatable bonds is 5. The SMILES string of the molecule is CS(=O)(=O)CCN1CCN(C(=O)C2CC(=O)N(c3cccc(Cl)c3)C2)CC1. The van der Waals surface area contributed by atoms with Gasteiger partial charge in [0, 0.05) is 62.7 Å². The van der Waals surface area contributed by atoms with E-state index in [2.05, 4.69) is 4.90 Å². The smallest absolute Gasteiger partial charge is 0.228 e. The molecule has 0 N–H and O–H groups in total. The summed E-state index contributed by atoms with van der Waals surface area (Å²) in [6.45, 7) is 3.28. The molecule has 3 rings (SSSR count). The zero-order chi connectivity index (χ0) is 19.6. The molecular weight excluding hydrogens is 390 g/mol. The van der Waals surface area contributed by atoms with Crippen LogP contribution in [-0.2, 0) is 19.4 Å². The first kappa shape index (κ1) is 20.1. The quantitative estimate of drug-likeness (QED) is 0.716. The molecule has 9 heteroatoms. The number of hydrogen-bond acceptors (Lipinski definition) is 5. The summed E-state index contributed by atoms with van der Waals surface area (Å²) in [5.74, 6) is -0.288. The zero-order valence-corrected chi connectivity index (χ0v) is 16.9. The molecule has 0 aromatic heterocycles. The number of halogens is 1. The molecule has 0 spiro atoms. The maximum absolute atomic E-state index is 12.8. The van der Waals surface area contributed by atoms with Crippen LogP contribution in [-0.4, -0.2) is 81.3 Å². The van der Waals surface area contributed by atoms with Crippen LogP contribution in [0, 0.1) is 5.92 Å². The van der Waals surface area contributed by atoms with Crippen molar-refractivity contribution in [3.8, 4) is 0 Å². The Morgan fingerprint density at radius 3 is 2.56 bits per heavy atom. The molecule has 0 radical (unpaired) electrons. The molecule has 2 fully saturated rings. The Morgan fingerprint density at radius 1 is 1.22 bits per heavy atom. The molecule has 1 aromatic rings. The summed E-state index contributed by atoms with van der Waals surface area (Å²) in [5.41, 5.74) is 0.716. The molecule has 7 nitrogen and oxygen atoms in total. The fraction of sp³-hybridized carbons (Fsp3) is 0.556. The highest BCUT2D eigenvalue weighted by Gasteiger charge is 2.38. The summed E-state index contributed by atoms with van der Waals surface area (Å²) in [6.07, 6.45) is 1.44. The average molecular weight is 414 g/mol. The second kappa shape index (κ2) is 8.16. The van der Waals surface area contributed by atoms with Gasteiger partial charge in [-0.1, -0.05) is 17.7 Å². The minimum absolute atomic E-state index is 0.00404. The number of nitrogens with zero attached hydrogens (tertiary/aromatic N) is 3. The van der Waals surface area contributed by atoms with Crippen LogP contribution < -0.4 is 4.90 Å². The molecule has 2 amide bonds. The highest BCUT2D eigenvalue weighted by atomic mass is 35.5. The van der Waals surface area contributed by atoms with Gasteiger partial charge in [-0.25, -0.2) is 8.42 Å². The van der Waals surface area contributed by atoms with Gasteiger partial charge in [0.25, 0.3) is 0 Å². The lowest BCUT2D eigenvalue weighted by atomic mass is 10.1. The Bertz CT molecular complexity index is 822. The molecule has 2 aliphatic heterocycles. The second-order valence-corrected chi connectivity index (χ2v) is 9.88.